The highest BCUT2D eigenvalue weighted by Gasteiger charge is 2.30. The van der Waals surface area contributed by atoms with E-state index in [0.717, 1.165) is 24.3 Å². The third-order valence-electron chi connectivity index (χ3n) is 3.24. The Morgan fingerprint density at radius 3 is 2.19 bits per heavy atom. The van der Waals surface area contributed by atoms with Crippen LogP contribution in [0.5, 0.6) is 0 Å². The summed E-state index contributed by atoms with van der Waals surface area (Å²) in [5, 5.41) is 22.0. The summed E-state index contributed by atoms with van der Waals surface area (Å²) in [6.07, 6.45) is -4.54. The van der Waals surface area contributed by atoms with Gasteiger partial charge in [-0.05, 0) is 30.3 Å². The van der Waals surface area contributed by atoms with Crippen LogP contribution in [-0.4, -0.2) is 11.0 Å². The second kappa shape index (κ2) is 7.68. The predicted molar refractivity (Wildman–Crippen MR) is 91.7 cm³/mol. The number of hydrogen-bond donors (Lipinski definition) is 2. The van der Waals surface area contributed by atoms with Crippen molar-refractivity contribution < 1.29 is 23.1 Å². The lowest BCUT2D eigenvalue weighted by Crippen LogP contribution is -2.15. The number of hydrogen-bond acceptors (Lipinski definition) is 3. The molecule has 4 nitrogen and oxygen atoms in total. The minimum atomic E-state index is -4.54. The fourth-order valence-corrected chi connectivity index (χ4v) is 2.24. The fraction of sp³-hybridized carbons (Fsp3) is 0.0588. The van der Waals surface area contributed by atoms with Crippen molar-refractivity contribution >= 4 is 40.6 Å². The van der Waals surface area contributed by atoms with Gasteiger partial charge in [-0.25, -0.2) is 0 Å². The van der Waals surface area contributed by atoms with Crippen LogP contribution in [0.2, 0.25) is 10.0 Å². The van der Waals surface area contributed by atoms with Crippen molar-refractivity contribution in [2.45, 2.75) is 6.18 Å². The van der Waals surface area contributed by atoms with Gasteiger partial charge in [0.05, 0.1) is 15.6 Å². The molecule has 2 N–H and O–H groups in total. The van der Waals surface area contributed by atoms with Crippen LogP contribution < -0.4 is 5.32 Å². The molecular weight excluding hydrogens is 392 g/mol. The number of nitrogens with zero attached hydrogens (tertiary/aromatic N) is 1. The van der Waals surface area contributed by atoms with Crippen LogP contribution in [0, 0.1) is 11.3 Å². The first-order valence-electron chi connectivity index (χ1n) is 6.91. The Labute approximate surface area is 156 Å². The number of alkyl halides is 3. The number of nitriles is 1. The van der Waals surface area contributed by atoms with E-state index in [1.807, 2.05) is 0 Å². The highest BCUT2D eigenvalue weighted by Crippen LogP contribution is 2.30. The molecule has 26 heavy (non-hydrogen) atoms. The fourth-order valence-electron chi connectivity index (χ4n) is 1.94. The summed E-state index contributed by atoms with van der Waals surface area (Å²) in [6.45, 7) is 0. The number of aliphatic hydroxyl groups is 1. The van der Waals surface area contributed by atoms with Gasteiger partial charge in [-0.3, -0.25) is 4.79 Å². The number of nitrogens with one attached hydrogen (secondary N) is 1. The van der Waals surface area contributed by atoms with Gasteiger partial charge in [0.1, 0.15) is 11.8 Å². The summed E-state index contributed by atoms with van der Waals surface area (Å²) in [5.74, 6) is -1.71. The molecule has 0 aliphatic rings. The molecule has 0 saturated carbocycles. The van der Waals surface area contributed by atoms with E-state index >= 15 is 0 Å². The maximum absolute atomic E-state index is 12.6. The number of halogens is 5. The van der Waals surface area contributed by atoms with E-state index in [4.69, 9.17) is 28.5 Å². The van der Waals surface area contributed by atoms with Crippen LogP contribution in [0.4, 0.5) is 18.9 Å². The molecule has 0 unspecified atom stereocenters. The van der Waals surface area contributed by atoms with Crippen molar-refractivity contribution in [3.05, 3.63) is 69.2 Å². The molecule has 0 aromatic heterocycles. The molecule has 9 heteroatoms. The van der Waals surface area contributed by atoms with E-state index in [1.54, 1.807) is 0 Å². The Morgan fingerprint density at radius 2 is 1.69 bits per heavy atom. The van der Waals surface area contributed by atoms with E-state index in [9.17, 15) is 23.1 Å². The molecule has 0 atom stereocenters. The molecule has 0 heterocycles. The topological polar surface area (TPSA) is 73.1 Å². The Hall–Kier alpha value is -2.69. The Balaban J connectivity index is 2.30. The maximum Gasteiger partial charge on any atom is 0.416 e. The van der Waals surface area contributed by atoms with Gasteiger partial charge in [0.2, 0.25) is 0 Å². The van der Waals surface area contributed by atoms with Gasteiger partial charge in [-0.1, -0.05) is 35.3 Å². The molecule has 1 amide bonds. The second-order valence-electron chi connectivity index (χ2n) is 4.99. The van der Waals surface area contributed by atoms with Crippen LogP contribution in [0.25, 0.3) is 5.76 Å². The summed E-state index contributed by atoms with van der Waals surface area (Å²) < 4.78 is 37.7. The van der Waals surface area contributed by atoms with E-state index in [2.05, 4.69) is 5.32 Å². The highest BCUT2D eigenvalue weighted by molar-refractivity contribution is 6.42. The molecule has 0 saturated heterocycles. The van der Waals surface area contributed by atoms with Crippen molar-refractivity contribution in [1.82, 2.24) is 0 Å². The molecular formula is C17H9Cl2F3N2O2. The van der Waals surface area contributed by atoms with E-state index in [0.29, 0.717) is 0 Å². The lowest BCUT2D eigenvalue weighted by atomic mass is 10.1. The monoisotopic (exact) mass is 400 g/mol. The normalized spacial score (nSPS) is 12.2. The minimum absolute atomic E-state index is 0.112. The molecule has 2 aromatic rings. The van der Waals surface area contributed by atoms with Crippen LogP contribution in [0.15, 0.2) is 48.0 Å². The zero-order chi connectivity index (χ0) is 19.5. The standard InChI is InChI=1S/C17H9Cl2F3N2O2/c18-13-6-5-11(7-14(13)19)24-16(26)12(8-23)15(25)9-1-3-10(4-2-9)17(20,21)22/h1-7,25H,(H,24,26)/b15-12-. The summed E-state index contributed by atoms with van der Waals surface area (Å²) in [5.41, 5.74) is -1.49. The molecule has 0 bridgehead atoms. The van der Waals surface area contributed by atoms with Crippen molar-refractivity contribution in [2.24, 2.45) is 0 Å². The zero-order valence-corrected chi connectivity index (χ0v) is 14.2. The predicted octanol–water partition coefficient (Wildman–Crippen LogP) is 5.44. The van der Waals surface area contributed by atoms with Gasteiger partial charge >= 0.3 is 6.18 Å². The number of benzene rings is 2. The number of carbonyl (C=O) groups is 1. The van der Waals surface area contributed by atoms with E-state index < -0.39 is 29.0 Å². The van der Waals surface area contributed by atoms with Crippen molar-refractivity contribution in [1.29, 1.82) is 5.26 Å². The van der Waals surface area contributed by atoms with E-state index in [1.165, 1.54) is 24.3 Å². The number of rotatable bonds is 3. The zero-order valence-electron chi connectivity index (χ0n) is 12.7. The summed E-state index contributed by atoms with van der Waals surface area (Å²) in [4.78, 5) is 12.2. The van der Waals surface area contributed by atoms with Gasteiger partial charge < -0.3 is 10.4 Å². The van der Waals surface area contributed by atoms with Gasteiger partial charge in [-0.15, -0.1) is 0 Å². The Kier molecular flexibility index (Phi) is 5.80. The number of anilines is 1. The molecule has 0 aliphatic carbocycles. The number of amides is 1. The average molecular weight is 401 g/mol. The van der Waals surface area contributed by atoms with Crippen molar-refractivity contribution in [2.75, 3.05) is 5.32 Å². The molecule has 0 aliphatic heterocycles. The van der Waals surface area contributed by atoms with Crippen LogP contribution in [0.1, 0.15) is 11.1 Å². The first kappa shape index (κ1) is 19.6. The average Bonchev–Trinajstić information content (AvgIpc) is 2.58. The first-order valence-corrected chi connectivity index (χ1v) is 7.66. The third kappa shape index (κ3) is 4.48. The molecule has 0 fully saturated rings. The molecule has 134 valence electrons. The number of aliphatic hydroxyl groups excluding tert-OH is 1. The molecule has 0 spiro atoms. The lowest BCUT2D eigenvalue weighted by molar-refractivity contribution is -0.137. The van der Waals surface area contributed by atoms with Crippen LogP contribution >= 0.6 is 23.2 Å². The highest BCUT2D eigenvalue weighted by atomic mass is 35.5. The first-order chi connectivity index (χ1) is 12.1. The molecule has 2 rings (SSSR count). The van der Waals surface area contributed by atoms with Crippen molar-refractivity contribution in [3.8, 4) is 6.07 Å². The van der Waals surface area contributed by atoms with E-state index in [-0.39, 0.29) is 21.3 Å². The number of carbonyl (C=O) groups excluding carboxylic acids is 1. The summed E-state index contributed by atoms with van der Waals surface area (Å²) in [6, 6.07) is 9.10. The van der Waals surface area contributed by atoms with Gasteiger partial charge in [-0.2, -0.15) is 18.4 Å². The van der Waals surface area contributed by atoms with Gasteiger partial charge in [0.25, 0.3) is 5.91 Å². The quantitative estimate of drug-likeness (QED) is 0.409. The molecule has 0 radical (unpaired) electrons. The second-order valence-corrected chi connectivity index (χ2v) is 5.81. The Morgan fingerprint density at radius 1 is 1.08 bits per heavy atom. The van der Waals surface area contributed by atoms with Gasteiger partial charge in [0, 0.05) is 11.3 Å². The Bertz CT molecular complexity index is 917. The molecule has 2 aromatic carbocycles. The van der Waals surface area contributed by atoms with Gasteiger partial charge in [0.15, 0.2) is 5.57 Å². The van der Waals surface area contributed by atoms with Crippen molar-refractivity contribution in [3.63, 3.8) is 0 Å². The smallest absolute Gasteiger partial charge is 0.416 e. The van der Waals surface area contributed by atoms with Crippen LogP contribution in [0.3, 0.4) is 0 Å². The lowest BCUT2D eigenvalue weighted by Gasteiger charge is -2.09. The SMILES string of the molecule is N#C/C(C(=O)Nc1ccc(Cl)c(Cl)c1)=C(/O)c1ccc(C(F)(F)F)cc1. The summed E-state index contributed by atoms with van der Waals surface area (Å²) >= 11 is 11.6. The van der Waals surface area contributed by atoms with Crippen LogP contribution in [-0.2, 0) is 11.0 Å². The largest absolute Gasteiger partial charge is 0.506 e. The minimum Gasteiger partial charge on any atom is -0.506 e. The maximum atomic E-state index is 12.6. The third-order valence-corrected chi connectivity index (χ3v) is 3.98. The summed E-state index contributed by atoms with van der Waals surface area (Å²) in [7, 11) is 0.